The summed E-state index contributed by atoms with van der Waals surface area (Å²) in [5.74, 6) is 0.712. The SMILES string of the molecule is C[C@@H]1Oc2cc(Cl)ccc2/C(=N/OCc2ccccc2)[C@H]1n1ccnc1. The molecule has 132 valence electrons. The van der Waals surface area contributed by atoms with Crippen LogP contribution in [0.5, 0.6) is 5.75 Å². The van der Waals surface area contributed by atoms with Crippen LogP contribution in [0.25, 0.3) is 0 Å². The molecule has 26 heavy (non-hydrogen) atoms. The van der Waals surface area contributed by atoms with E-state index in [-0.39, 0.29) is 12.1 Å². The van der Waals surface area contributed by atoms with Gasteiger partial charge in [0.05, 0.1) is 6.33 Å². The summed E-state index contributed by atoms with van der Waals surface area (Å²) in [7, 11) is 0. The van der Waals surface area contributed by atoms with Gasteiger partial charge in [-0.15, -0.1) is 0 Å². The van der Waals surface area contributed by atoms with E-state index in [0.29, 0.717) is 17.4 Å². The lowest BCUT2D eigenvalue weighted by molar-refractivity contribution is 0.122. The van der Waals surface area contributed by atoms with E-state index < -0.39 is 0 Å². The van der Waals surface area contributed by atoms with Gasteiger partial charge in [0.25, 0.3) is 0 Å². The van der Waals surface area contributed by atoms with Crippen LogP contribution in [0.4, 0.5) is 0 Å². The average Bonchev–Trinajstić information content (AvgIpc) is 3.16. The number of hydrogen-bond acceptors (Lipinski definition) is 4. The molecule has 0 aliphatic carbocycles. The topological polar surface area (TPSA) is 48.6 Å². The Hall–Kier alpha value is -2.79. The highest BCUT2D eigenvalue weighted by molar-refractivity contribution is 6.31. The Morgan fingerprint density at radius 2 is 2.08 bits per heavy atom. The molecule has 1 aliphatic heterocycles. The van der Waals surface area contributed by atoms with E-state index in [1.165, 1.54) is 0 Å². The predicted molar refractivity (Wildman–Crippen MR) is 101 cm³/mol. The second-order valence-corrected chi connectivity index (χ2v) is 6.59. The summed E-state index contributed by atoms with van der Waals surface area (Å²) >= 11 is 6.13. The monoisotopic (exact) mass is 367 g/mol. The summed E-state index contributed by atoms with van der Waals surface area (Å²) in [6, 6.07) is 15.4. The van der Waals surface area contributed by atoms with Crippen molar-refractivity contribution in [2.24, 2.45) is 5.16 Å². The van der Waals surface area contributed by atoms with Gasteiger partial charge >= 0.3 is 0 Å². The van der Waals surface area contributed by atoms with Crippen LogP contribution in [0.3, 0.4) is 0 Å². The molecule has 0 spiro atoms. The third-order valence-corrected chi connectivity index (χ3v) is 4.58. The molecule has 0 saturated carbocycles. The number of nitrogens with zero attached hydrogens (tertiary/aromatic N) is 3. The fraction of sp³-hybridized carbons (Fsp3) is 0.200. The lowest BCUT2D eigenvalue weighted by Crippen LogP contribution is -2.37. The first kappa shape index (κ1) is 16.7. The van der Waals surface area contributed by atoms with Gasteiger partial charge in [0.15, 0.2) is 0 Å². The summed E-state index contributed by atoms with van der Waals surface area (Å²) in [5.41, 5.74) is 2.73. The zero-order chi connectivity index (χ0) is 17.9. The molecule has 0 amide bonds. The summed E-state index contributed by atoms with van der Waals surface area (Å²) < 4.78 is 8.05. The second-order valence-electron chi connectivity index (χ2n) is 6.15. The maximum atomic E-state index is 6.13. The van der Waals surface area contributed by atoms with Crippen LogP contribution in [0, 0.1) is 0 Å². The standard InChI is InChI=1S/C20H18ClN3O2/c1-14-20(24-10-9-22-13-24)19(17-8-7-16(21)11-18(17)26-14)23-25-12-15-5-3-2-4-6-15/h2-11,13-14,20H,12H2,1H3/b23-19-/t14-,20-/m0/s1. The van der Waals surface area contributed by atoms with Crippen molar-refractivity contribution in [3.05, 3.63) is 83.4 Å². The number of fused-ring (bicyclic) bond motifs is 1. The van der Waals surface area contributed by atoms with Crippen LogP contribution in [0.15, 0.2) is 72.4 Å². The molecule has 2 atom stereocenters. The quantitative estimate of drug-likeness (QED) is 0.639. The van der Waals surface area contributed by atoms with Crippen molar-refractivity contribution in [2.45, 2.75) is 25.7 Å². The van der Waals surface area contributed by atoms with E-state index in [2.05, 4.69) is 10.1 Å². The van der Waals surface area contributed by atoms with Crippen LogP contribution in [0.2, 0.25) is 5.02 Å². The molecule has 0 bridgehead atoms. The molecule has 0 unspecified atom stereocenters. The molecule has 1 aliphatic rings. The van der Waals surface area contributed by atoms with Gasteiger partial charge in [-0.05, 0) is 30.7 Å². The Balaban J connectivity index is 1.70. The van der Waals surface area contributed by atoms with Crippen molar-refractivity contribution in [3.63, 3.8) is 0 Å². The lowest BCUT2D eigenvalue weighted by Gasteiger charge is -2.33. The fourth-order valence-corrected chi connectivity index (χ4v) is 3.29. The first-order chi connectivity index (χ1) is 12.7. The highest BCUT2D eigenvalue weighted by Crippen LogP contribution is 2.35. The first-order valence-corrected chi connectivity index (χ1v) is 8.78. The van der Waals surface area contributed by atoms with Crippen molar-refractivity contribution < 1.29 is 9.57 Å². The van der Waals surface area contributed by atoms with Crippen molar-refractivity contribution in [1.29, 1.82) is 0 Å². The number of hydrogen-bond donors (Lipinski definition) is 0. The molecular weight excluding hydrogens is 350 g/mol. The molecule has 2 aromatic carbocycles. The lowest BCUT2D eigenvalue weighted by atomic mass is 9.95. The third-order valence-electron chi connectivity index (χ3n) is 4.34. The van der Waals surface area contributed by atoms with Crippen LogP contribution >= 0.6 is 11.6 Å². The van der Waals surface area contributed by atoms with E-state index in [9.17, 15) is 0 Å². The number of rotatable bonds is 4. The predicted octanol–water partition coefficient (Wildman–Crippen LogP) is 4.48. The number of ether oxygens (including phenoxy) is 1. The first-order valence-electron chi connectivity index (χ1n) is 8.40. The van der Waals surface area contributed by atoms with Gasteiger partial charge < -0.3 is 14.1 Å². The molecule has 0 radical (unpaired) electrons. The van der Waals surface area contributed by atoms with Gasteiger partial charge in [0.1, 0.15) is 30.2 Å². The second kappa shape index (κ2) is 7.22. The number of aromatic nitrogens is 2. The van der Waals surface area contributed by atoms with E-state index >= 15 is 0 Å². The normalized spacial score (nSPS) is 20.5. The smallest absolute Gasteiger partial charge is 0.142 e. The molecule has 4 rings (SSSR count). The number of oxime groups is 1. The number of imidazole rings is 1. The molecular formula is C20H18ClN3O2. The van der Waals surface area contributed by atoms with E-state index in [0.717, 1.165) is 16.8 Å². The van der Waals surface area contributed by atoms with Crippen molar-refractivity contribution >= 4 is 17.3 Å². The van der Waals surface area contributed by atoms with Crippen LogP contribution in [-0.2, 0) is 11.4 Å². The summed E-state index contributed by atoms with van der Waals surface area (Å²) in [6.45, 7) is 2.40. The minimum Gasteiger partial charge on any atom is -0.487 e. The molecule has 6 heteroatoms. The molecule has 2 heterocycles. The summed E-state index contributed by atoms with van der Waals surface area (Å²) in [5, 5.41) is 5.11. The van der Waals surface area contributed by atoms with Crippen molar-refractivity contribution in [3.8, 4) is 5.75 Å². The van der Waals surface area contributed by atoms with Crippen LogP contribution < -0.4 is 4.74 Å². The maximum Gasteiger partial charge on any atom is 0.142 e. The number of benzene rings is 2. The van der Waals surface area contributed by atoms with Gasteiger partial charge in [0.2, 0.25) is 0 Å². The minimum absolute atomic E-state index is 0.137. The Labute approximate surface area is 156 Å². The van der Waals surface area contributed by atoms with Crippen molar-refractivity contribution in [2.75, 3.05) is 0 Å². The largest absolute Gasteiger partial charge is 0.487 e. The summed E-state index contributed by atoms with van der Waals surface area (Å²) in [6.07, 6.45) is 5.26. The van der Waals surface area contributed by atoms with Gasteiger partial charge in [0, 0.05) is 23.0 Å². The highest BCUT2D eigenvalue weighted by Gasteiger charge is 2.35. The van der Waals surface area contributed by atoms with E-state index in [4.69, 9.17) is 21.2 Å². The molecule has 5 nitrogen and oxygen atoms in total. The Morgan fingerprint density at radius 1 is 1.23 bits per heavy atom. The zero-order valence-corrected chi connectivity index (χ0v) is 15.0. The van der Waals surface area contributed by atoms with Gasteiger partial charge in [-0.3, -0.25) is 0 Å². The van der Waals surface area contributed by atoms with Crippen LogP contribution in [-0.4, -0.2) is 21.4 Å². The zero-order valence-electron chi connectivity index (χ0n) is 14.2. The third kappa shape index (κ3) is 3.30. The van der Waals surface area contributed by atoms with Gasteiger partial charge in [-0.2, -0.15) is 0 Å². The Bertz CT molecular complexity index is 910. The number of halogens is 1. The Kier molecular flexibility index (Phi) is 4.63. The summed E-state index contributed by atoms with van der Waals surface area (Å²) in [4.78, 5) is 9.84. The molecule has 0 saturated heterocycles. The highest BCUT2D eigenvalue weighted by atomic mass is 35.5. The molecule has 1 aromatic heterocycles. The van der Waals surface area contributed by atoms with Gasteiger partial charge in [-0.1, -0.05) is 47.1 Å². The van der Waals surface area contributed by atoms with Gasteiger partial charge in [-0.25, -0.2) is 4.98 Å². The Morgan fingerprint density at radius 3 is 2.85 bits per heavy atom. The molecule has 0 N–H and O–H groups in total. The maximum absolute atomic E-state index is 6.13. The van der Waals surface area contributed by atoms with E-state index in [1.807, 2.05) is 66.2 Å². The fourth-order valence-electron chi connectivity index (χ4n) is 3.12. The molecule has 0 fully saturated rings. The van der Waals surface area contributed by atoms with Crippen LogP contribution in [0.1, 0.15) is 24.1 Å². The minimum atomic E-state index is -0.144. The van der Waals surface area contributed by atoms with E-state index in [1.54, 1.807) is 12.5 Å². The average molecular weight is 368 g/mol. The van der Waals surface area contributed by atoms with Crippen molar-refractivity contribution in [1.82, 2.24) is 9.55 Å². The molecule has 3 aromatic rings.